The zero-order valence-corrected chi connectivity index (χ0v) is 32.2. The molecule has 0 fully saturated rings. The van der Waals surface area contributed by atoms with Gasteiger partial charge in [-0.3, -0.25) is 9.59 Å². The lowest BCUT2D eigenvalue weighted by Crippen LogP contribution is -2.68. The van der Waals surface area contributed by atoms with Gasteiger partial charge in [0.25, 0.3) is 23.0 Å². The molecular weight excluding hydrogens is 807 g/mol. The van der Waals surface area contributed by atoms with E-state index in [1.165, 1.54) is 21.5 Å². The first-order chi connectivity index (χ1) is 26.3. The van der Waals surface area contributed by atoms with Crippen LogP contribution in [-0.2, 0) is 10.1 Å². The van der Waals surface area contributed by atoms with Gasteiger partial charge in [0.1, 0.15) is 10.1 Å². The monoisotopic (exact) mass is 836 g/mol. The normalized spacial score (nSPS) is 10.9. The molecule has 0 atom stereocenters. The summed E-state index contributed by atoms with van der Waals surface area (Å²) in [6.07, 6.45) is 0. The van der Waals surface area contributed by atoms with Crippen molar-refractivity contribution in [2.24, 2.45) is 0 Å². The highest BCUT2D eigenvalue weighted by Crippen LogP contribution is 2.16. The van der Waals surface area contributed by atoms with Gasteiger partial charge in [0.2, 0.25) is 11.0 Å². The highest BCUT2D eigenvalue weighted by atomic mass is 35.7. The average molecular weight is 838 g/mol. The summed E-state index contributed by atoms with van der Waals surface area (Å²) in [5.74, 6) is 11.9. The number of hydrogen-bond donors (Lipinski definition) is 2. The van der Waals surface area contributed by atoms with Crippen LogP contribution in [-0.4, -0.2) is 24.5 Å². The number of aryl methyl sites for hydroxylation is 1. The standard InChI is InChI=1S/2C16H11ClN2O.C7H8O3S.ClHO4/c2*17-13-8-5-12(6-9-13)16(20)15-10-7-11-3-1-2-4-14(11)19(15)18;1-6-2-4-7(5-3-6)11(8,9)10;2-1(3,4)5/h2*1-10H,(H-,18,20);2-5H,1H3,(H,8,9,10);(H,2,3,4,5). The fourth-order valence-electron chi connectivity index (χ4n) is 5.03. The molecule has 288 valence electrons. The van der Waals surface area contributed by atoms with Crippen molar-refractivity contribution >= 4 is 66.7 Å². The molecule has 0 unspecified atom stereocenters. The largest absolute Gasteiger partial charge is 0.744 e. The van der Waals surface area contributed by atoms with E-state index in [1.807, 2.05) is 67.6 Å². The molecule has 0 bridgehead atoms. The molecule has 0 spiro atoms. The fraction of sp³-hybridized carbons (Fsp3) is 0.0256. The predicted molar refractivity (Wildman–Crippen MR) is 197 cm³/mol. The van der Waals surface area contributed by atoms with Gasteiger partial charge in [0.15, 0.2) is 0 Å². The molecule has 0 aliphatic carbocycles. The molecule has 2 heterocycles. The lowest BCUT2D eigenvalue weighted by Gasteiger charge is -2.17. The number of rotatable bonds is 5. The Bertz CT molecular complexity index is 2440. The van der Waals surface area contributed by atoms with Crippen LogP contribution in [0.2, 0.25) is 10.0 Å². The van der Waals surface area contributed by atoms with Crippen molar-refractivity contribution in [3.8, 4) is 0 Å². The van der Waals surface area contributed by atoms with Gasteiger partial charge in [-0.05, 0) is 91.9 Å². The van der Waals surface area contributed by atoms with Crippen LogP contribution in [0.25, 0.3) is 21.8 Å². The number of nitrogens with two attached hydrogens (primary N) is 2. The maximum absolute atomic E-state index is 12.5. The van der Waals surface area contributed by atoms with Crippen molar-refractivity contribution < 1.29 is 60.8 Å². The summed E-state index contributed by atoms with van der Waals surface area (Å²) in [5.41, 5.74) is 4.54. The van der Waals surface area contributed by atoms with Gasteiger partial charge in [-0.2, -0.15) is 0 Å². The molecule has 2 aromatic heterocycles. The molecule has 0 saturated heterocycles. The maximum Gasteiger partial charge on any atom is 0.283 e. The van der Waals surface area contributed by atoms with Crippen LogP contribution in [0.1, 0.15) is 37.7 Å². The molecule has 0 aliphatic rings. The second-order valence-corrected chi connectivity index (χ2v) is 14.6. The Morgan fingerprint density at radius 3 is 1.23 bits per heavy atom. The van der Waals surface area contributed by atoms with Gasteiger partial charge in [-0.25, -0.2) is 38.7 Å². The Balaban J connectivity index is 0.000000182. The summed E-state index contributed by atoms with van der Waals surface area (Å²) in [7, 11) is -9.21. The van der Waals surface area contributed by atoms with Crippen molar-refractivity contribution in [3.05, 3.63) is 184 Å². The van der Waals surface area contributed by atoms with E-state index in [4.69, 9.17) is 53.5 Å². The summed E-state index contributed by atoms with van der Waals surface area (Å²) in [5, 5.41) is 3.17. The van der Waals surface area contributed by atoms with Crippen LogP contribution in [0.15, 0.2) is 150 Å². The van der Waals surface area contributed by atoms with Crippen LogP contribution in [0.4, 0.5) is 0 Å². The van der Waals surface area contributed by atoms with E-state index in [2.05, 4.69) is 0 Å². The zero-order chi connectivity index (χ0) is 41.2. The number of aromatic nitrogens is 2. The number of hydrogen-bond acceptors (Lipinski definition) is 11. The Hall–Kier alpha value is -5.52. The summed E-state index contributed by atoms with van der Waals surface area (Å²) in [6.45, 7) is 1.82. The fourth-order valence-corrected chi connectivity index (χ4v) is 5.75. The van der Waals surface area contributed by atoms with E-state index in [1.54, 1.807) is 72.8 Å². The van der Waals surface area contributed by atoms with Crippen molar-refractivity contribution in [2.45, 2.75) is 11.8 Å². The Kier molecular flexibility index (Phi) is 14.6. The molecule has 5 aromatic carbocycles. The number of fused-ring (bicyclic) bond motifs is 2. The quantitative estimate of drug-likeness (QED) is 0.109. The molecule has 0 saturated carbocycles. The highest BCUT2D eigenvalue weighted by Gasteiger charge is 2.23. The molecule has 13 nitrogen and oxygen atoms in total. The first kappa shape index (κ1) is 43.2. The number of benzene rings is 5. The number of nitrogen functional groups attached to an aromatic ring is 2. The van der Waals surface area contributed by atoms with E-state index >= 15 is 0 Å². The van der Waals surface area contributed by atoms with Gasteiger partial charge in [0.05, 0.1) is 4.90 Å². The number of para-hydroxylation sites is 2. The molecular formula is C39H31Cl3N4O9S. The molecule has 0 aliphatic heterocycles. The van der Waals surface area contributed by atoms with E-state index < -0.39 is 20.4 Å². The third-order valence-corrected chi connectivity index (χ3v) is 9.09. The number of ketones is 2. The summed E-state index contributed by atoms with van der Waals surface area (Å²) in [6, 6.07) is 41.9. The lowest BCUT2D eigenvalue weighted by molar-refractivity contribution is -2.00. The molecule has 0 amide bonds. The van der Waals surface area contributed by atoms with Crippen molar-refractivity contribution in [3.63, 3.8) is 0 Å². The summed E-state index contributed by atoms with van der Waals surface area (Å²) >= 11 is 11.7. The van der Waals surface area contributed by atoms with E-state index in [-0.39, 0.29) is 16.5 Å². The van der Waals surface area contributed by atoms with Gasteiger partial charge in [-0.15, -0.1) is 10.2 Å². The first-order valence-electron chi connectivity index (χ1n) is 16.0. The minimum atomic E-state index is -4.94. The van der Waals surface area contributed by atoms with E-state index in [0.29, 0.717) is 32.6 Å². The number of halogens is 3. The SMILES string of the molecule is Cc1ccc(S(=O)(=O)[O-])cc1.N[n+]1c(C(=O)c2ccc(Cl)cc2)ccc2ccccc21.N[n+]1c(C(=O)c2ccc(Cl)cc2)ccc2ccccc21.[O-][Cl+3]([O-])([O-])[O-]. The Labute approximate surface area is 333 Å². The minimum absolute atomic E-state index is 0.130. The molecule has 56 heavy (non-hydrogen) atoms. The Morgan fingerprint density at radius 2 is 0.893 bits per heavy atom. The van der Waals surface area contributed by atoms with Crippen LogP contribution in [0.5, 0.6) is 0 Å². The van der Waals surface area contributed by atoms with Crippen LogP contribution in [0.3, 0.4) is 0 Å². The lowest BCUT2D eigenvalue weighted by atomic mass is 10.1. The second-order valence-electron chi connectivity index (χ2n) is 11.6. The molecule has 4 N–H and O–H groups in total. The van der Waals surface area contributed by atoms with Crippen molar-refractivity contribution in [2.75, 3.05) is 11.7 Å². The van der Waals surface area contributed by atoms with Gasteiger partial charge in [-0.1, -0.05) is 74.5 Å². The van der Waals surface area contributed by atoms with Gasteiger partial charge >= 0.3 is 0 Å². The highest BCUT2D eigenvalue weighted by molar-refractivity contribution is 7.85. The van der Waals surface area contributed by atoms with Gasteiger partial charge in [0, 0.05) is 56.2 Å². The molecule has 7 aromatic rings. The van der Waals surface area contributed by atoms with E-state index in [0.717, 1.165) is 27.4 Å². The zero-order valence-electron chi connectivity index (χ0n) is 29.1. The minimum Gasteiger partial charge on any atom is -0.744 e. The second kappa shape index (κ2) is 18.9. The molecule has 0 radical (unpaired) electrons. The number of carbonyl (C=O) groups excluding carboxylic acids is 2. The summed E-state index contributed by atoms with van der Waals surface area (Å²) < 4.78 is 68.0. The molecule has 7 rings (SSSR count). The summed E-state index contributed by atoms with van der Waals surface area (Å²) in [4.78, 5) is 24.8. The van der Waals surface area contributed by atoms with Gasteiger partial charge < -0.3 is 4.55 Å². The van der Waals surface area contributed by atoms with E-state index in [9.17, 15) is 22.6 Å². The molecule has 17 heteroatoms. The van der Waals surface area contributed by atoms with Crippen LogP contribution in [0, 0.1) is 17.2 Å². The van der Waals surface area contributed by atoms with Crippen molar-refractivity contribution in [1.29, 1.82) is 0 Å². The van der Waals surface area contributed by atoms with Crippen molar-refractivity contribution in [1.82, 2.24) is 0 Å². The predicted octanol–water partition coefficient (Wildman–Crippen LogP) is 1.59. The number of carbonyl (C=O) groups is 2. The third-order valence-electron chi connectivity index (χ3n) is 7.74. The average Bonchev–Trinajstić information content (AvgIpc) is 3.15. The number of pyridine rings is 2. The third kappa shape index (κ3) is 12.2. The van der Waals surface area contributed by atoms with Crippen LogP contribution < -0.4 is 39.7 Å². The Morgan fingerprint density at radius 1 is 0.554 bits per heavy atom. The topological polar surface area (TPSA) is 243 Å². The smallest absolute Gasteiger partial charge is 0.283 e. The van der Waals surface area contributed by atoms with Crippen LogP contribution >= 0.6 is 23.2 Å². The maximum atomic E-state index is 12.5. The first-order valence-corrected chi connectivity index (χ1v) is 19.4. The number of nitrogens with zero attached hydrogens (tertiary/aromatic N) is 2.